The van der Waals surface area contributed by atoms with Gasteiger partial charge in [-0.2, -0.15) is 0 Å². The van der Waals surface area contributed by atoms with Gasteiger partial charge >= 0.3 is 11.6 Å². The van der Waals surface area contributed by atoms with Crippen LogP contribution in [-0.4, -0.2) is 18.2 Å². The Labute approximate surface area is 150 Å². The number of hydrogen-bond acceptors (Lipinski definition) is 5. The van der Waals surface area contributed by atoms with Gasteiger partial charge in [-0.25, -0.2) is 9.59 Å². The summed E-state index contributed by atoms with van der Waals surface area (Å²) in [4.78, 5) is 24.6. The number of rotatable bonds is 2. The topological polar surface area (TPSA) is 65.7 Å². The summed E-state index contributed by atoms with van der Waals surface area (Å²) in [5, 5.41) is 2.33. The van der Waals surface area contributed by atoms with Crippen molar-refractivity contribution >= 4 is 27.7 Å². The molecule has 0 radical (unpaired) electrons. The lowest BCUT2D eigenvalue weighted by atomic mass is 9.89. The molecule has 0 fully saturated rings. The third kappa shape index (κ3) is 2.55. The van der Waals surface area contributed by atoms with Gasteiger partial charge in [0, 0.05) is 22.4 Å². The number of esters is 1. The standard InChI is InChI=1S/C21H20O5/c1-4-24-20(23)15-11-16(22)25-19-14-9-10-21(2,3)26-18(14)13-8-6-5-7-12(13)17(15)19/h5-8,11H,4,9-10H2,1-3H3. The number of carbonyl (C=O) groups is 1. The van der Waals surface area contributed by atoms with Crippen LogP contribution in [-0.2, 0) is 11.2 Å². The van der Waals surface area contributed by atoms with Crippen molar-refractivity contribution in [3.8, 4) is 5.75 Å². The molecule has 2 aromatic carbocycles. The number of benzene rings is 2. The Morgan fingerprint density at radius 3 is 2.69 bits per heavy atom. The van der Waals surface area contributed by atoms with E-state index in [0.29, 0.717) is 17.4 Å². The molecule has 0 spiro atoms. The van der Waals surface area contributed by atoms with Crippen molar-refractivity contribution in [1.82, 2.24) is 0 Å². The van der Waals surface area contributed by atoms with Gasteiger partial charge in [-0.15, -0.1) is 0 Å². The third-order valence-corrected chi connectivity index (χ3v) is 4.80. The first-order valence-corrected chi connectivity index (χ1v) is 8.79. The molecule has 3 aromatic rings. The predicted molar refractivity (Wildman–Crippen MR) is 99.0 cm³/mol. The van der Waals surface area contributed by atoms with Crippen LogP contribution in [0.1, 0.15) is 43.1 Å². The van der Waals surface area contributed by atoms with Crippen LogP contribution in [0.5, 0.6) is 5.75 Å². The monoisotopic (exact) mass is 352 g/mol. The molecule has 0 saturated carbocycles. The van der Waals surface area contributed by atoms with Gasteiger partial charge in [0.2, 0.25) is 0 Å². The van der Waals surface area contributed by atoms with E-state index >= 15 is 0 Å². The predicted octanol–water partition coefficient (Wildman–Crippen LogP) is 4.23. The summed E-state index contributed by atoms with van der Waals surface area (Å²) in [5.74, 6) is 0.209. The van der Waals surface area contributed by atoms with Crippen molar-refractivity contribution in [3.63, 3.8) is 0 Å². The second kappa shape index (κ2) is 5.87. The molecule has 5 heteroatoms. The Morgan fingerprint density at radius 2 is 1.96 bits per heavy atom. The number of aryl methyl sites for hydroxylation is 1. The highest BCUT2D eigenvalue weighted by atomic mass is 16.5. The molecule has 0 N–H and O–H groups in total. The Kier molecular flexibility index (Phi) is 3.75. The van der Waals surface area contributed by atoms with E-state index in [0.717, 1.165) is 28.5 Å². The molecule has 1 aliphatic rings. The second-order valence-corrected chi connectivity index (χ2v) is 7.12. The second-order valence-electron chi connectivity index (χ2n) is 7.12. The van der Waals surface area contributed by atoms with Gasteiger partial charge in [-0.05, 0) is 39.0 Å². The largest absolute Gasteiger partial charge is 0.487 e. The molecule has 1 aromatic heterocycles. The minimum atomic E-state index is -0.567. The molecule has 0 amide bonds. The van der Waals surface area contributed by atoms with Gasteiger partial charge in [0.15, 0.2) is 0 Å². The fourth-order valence-corrected chi connectivity index (χ4v) is 3.60. The molecular weight excluding hydrogens is 332 g/mol. The van der Waals surface area contributed by atoms with Crippen LogP contribution >= 0.6 is 0 Å². The Balaban J connectivity index is 2.17. The van der Waals surface area contributed by atoms with Gasteiger partial charge < -0.3 is 13.9 Å². The maximum atomic E-state index is 12.5. The molecule has 0 atom stereocenters. The molecular formula is C21H20O5. The fourth-order valence-electron chi connectivity index (χ4n) is 3.60. The van der Waals surface area contributed by atoms with Gasteiger partial charge in [0.25, 0.3) is 0 Å². The minimum Gasteiger partial charge on any atom is -0.487 e. The van der Waals surface area contributed by atoms with Crippen molar-refractivity contribution in [1.29, 1.82) is 0 Å². The third-order valence-electron chi connectivity index (χ3n) is 4.80. The van der Waals surface area contributed by atoms with Crippen LogP contribution in [0.25, 0.3) is 21.7 Å². The number of ether oxygens (including phenoxy) is 2. The smallest absolute Gasteiger partial charge is 0.339 e. The average Bonchev–Trinajstić information content (AvgIpc) is 2.60. The first-order chi connectivity index (χ1) is 12.4. The summed E-state index contributed by atoms with van der Waals surface area (Å²) in [5.41, 5.74) is 0.624. The van der Waals surface area contributed by atoms with Crippen molar-refractivity contribution in [2.75, 3.05) is 6.61 Å². The average molecular weight is 352 g/mol. The first-order valence-electron chi connectivity index (χ1n) is 8.79. The zero-order chi connectivity index (χ0) is 18.5. The molecule has 0 unspecified atom stereocenters. The number of hydrogen-bond donors (Lipinski definition) is 0. The first kappa shape index (κ1) is 16.6. The van der Waals surface area contributed by atoms with Gasteiger partial charge in [-0.3, -0.25) is 0 Å². The van der Waals surface area contributed by atoms with E-state index in [2.05, 4.69) is 0 Å². The SMILES string of the molecule is CCOC(=O)c1cc(=O)oc2c3c(c4ccccc4c12)OC(C)(C)CC3. The lowest BCUT2D eigenvalue weighted by Crippen LogP contribution is -2.32. The lowest BCUT2D eigenvalue weighted by molar-refractivity contribution is 0.0527. The van der Waals surface area contributed by atoms with E-state index in [-0.39, 0.29) is 17.8 Å². The van der Waals surface area contributed by atoms with Crippen molar-refractivity contribution in [2.24, 2.45) is 0 Å². The maximum absolute atomic E-state index is 12.5. The highest BCUT2D eigenvalue weighted by Crippen LogP contribution is 2.44. The zero-order valence-corrected chi connectivity index (χ0v) is 15.0. The fraction of sp³-hybridized carbons (Fsp3) is 0.333. The summed E-state index contributed by atoms with van der Waals surface area (Å²) in [6.45, 7) is 6.06. The number of carbonyl (C=O) groups excluding carboxylic acids is 1. The van der Waals surface area contributed by atoms with E-state index in [9.17, 15) is 9.59 Å². The van der Waals surface area contributed by atoms with Crippen LogP contribution in [0, 0.1) is 0 Å². The van der Waals surface area contributed by atoms with Crippen molar-refractivity contribution < 1.29 is 18.7 Å². The van der Waals surface area contributed by atoms with Gasteiger partial charge in [0.1, 0.15) is 16.9 Å². The molecule has 134 valence electrons. The molecule has 0 saturated heterocycles. The normalized spacial score (nSPS) is 15.5. The molecule has 0 aliphatic carbocycles. The lowest BCUT2D eigenvalue weighted by Gasteiger charge is -2.33. The van der Waals surface area contributed by atoms with Crippen molar-refractivity contribution in [3.05, 3.63) is 51.9 Å². The summed E-state index contributed by atoms with van der Waals surface area (Å²) in [7, 11) is 0. The molecule has 0 bridgehead atoms. The molecule has 1 aliphatic heterocycles. The molecule has 5 nitrogen and oxygen atoms in total. The minimum absolute atomic E-state index is 0.237. The summed E-state index contributed by atoms with van der Waals surface area (Å²) in [6.07, 6.45) is 1.50. The van der Waals surface area contributed by atoms with Crippen LogP contribution in [0.4, 0.5) is 0 Å². The van der Waals surface area contributed by atoms with Crippen LogP contribution < -0.4 is 10.4 Å². The Bertz CT molecular complexity index is 1090. The van der Waals surface area contributed by atoms with Crippen molar-refractivity contribution in [2.45, 2.75) is 39.2 Å². The highest BCUT2D eigenvalue weighted by Gasteiger charge is 2.32. The quantitative estimate of drug-likeness (QED) is 0.392. The van der Waals surface area contributed by atoms with Gasteiger partial charge in [-0.1, -0.05) is 24.3 Å². The van der Waals surface area contributed by atoms with Crippen LogP contribution in [0.3, 0.4) is 0 Å². The summed E-state index contributed by atoms with van der Waals surface area (Å²) in [6, 6.07) is 8.91. The van der Waals surface area contributed by atoms with E-state index in [4.69, 9.17) is 13.9 Å². The van der Waals surface area contributed by atoms with Crippen LogP contribution in [0.2, 0.25) is 0 Å². The highest BCUT2D eigenvalue weighted by molar-refractivity contribution is 6.17. The van der Waals surface area contributed by atoms with E-state index in [1.165, 1.54) is 6.07 Å². The number of fused-ring (bicyclic) bond motifs is 6. The molecule has 4 rings (SSSR count). The van der Waals surface area contributed by atoms with E-state index in [1.807, 2.05) is 38.1 Å². The Morgan fingerprint density at radius 1 is 1.23 bits per heavy atom. The Hall–Kier alpha value is -2.82. The molecule has 2 heterocycles. The zero-order valence-electron chi connectivity index (χ0n) is 15.0. The summed E-state index contributed by atoms with van der Waals surface area (Å²) >= 11 is 0. The maximum Gasteiger partial charge on any atom is 0.339 e. The van der Waals surface area contributed by atoms with E-state index < -0.39 is 11.6 Å². The summed E-state index contributed by atoms with van der Waals surface area (Å²) < 4.78 is 17.0. The molecule has 26 heavy (non-hydrogen) atoms. The van der Waals surface area contributed by atoms with Crippen LogP contribution in [0.15, 0.2) is 39.5 Å². The van der Waals surface area contributed by atoms with Gasteiger partial charge in [0.05, 0.1) is 12.2 Å². The van der Waals surface area contributed by atoms with E-state index in [1.54, 1.807) is 6.92 Å².